The maximum atomic E-state index is 11.7. The summed E-state index contributed by atoms with van der Waals surface area (Å²) >= 11 is 5.94. The summed E-state index contributed by atoms with van der Waals surface area (Å²) in [4.78, 5) is 22.2. The van der Waals surface area contributed by atoms with Gasteiger partial charge in [-0.2, -0.15) is 0 Å². The Kier molecular flexibility index (Phi) is 7.28. The molecule has 0 bridgehead atoms. The van der Waals surface area contributed by atoms with Gasteiger partial charge in [0.25, 0.3) is 0 Å². The third-order valence-corrected chi connectivity index (χ3v) is 5.16. The van der Waals surface area contributed by atoms with Crippen LogP contribution < -0.4 is 10.1 Å². The predicted molar refractivity (Wildman–Crippen MR) is 113 cm³/mol. The van der Waals surface area contributed by atoms with E-state index in [9.17, 15) is 4.79 Å². The molecule has 0 aliphatic carbocycles. The van der Waals surface area contributed by atoms with Crippen LogP contribution in [-0.2, 0) is 11.3 Å². The number of halogens is 1. The lowest BCUT2D eigenvalue weighted by Gasteiger charge is -2.32. The maximum Gasteiger partial charge on any atom is 0.356 e. The molecule has 0 amide bonds. The van der Waals surface area contributed by atoms with Crippen LogP contribution >= 0.6 is 11.6 Å². The van der Waals surface area contributed by atoms with Crippen LogP contribution in [0.15, 0.2) is 24.3 Å². The minimum absolute atomic E-state index is 0.0253. The second-order valence-corrected chi connectivity index (χ2v) is 7.46. The van der Waals surface area contributed by atoms with Crippen molar-refractivity contribution in [1.82, 2.24) is 14.9 Å². The van der Waals surface area contributed by atoms with Crippen molar-refractivity contribution in [3.63, 3.8) is 0 Å². The minimum atomic E-state index is -0.531. The number of esters is 1. The topological polar surface area (TPSA) is 76.6 Å². The number of nitrogens with one attached hydrogen (secondary N) is 1. The summed E-state index contributed by atoms with van der Waals surface area (Å²) in [6.07, 6.45) is 1.94. The number of likely N-dealkylation sites (tertiary alicyclic amines) is 1. The summed E-state index contributed by atoms with van der Waals surface area (Å²) in [7, 11) is 1.31. The lowest BCUT2D eigenvalue weighted by Crippen LogP contribution is -2.38. The highest BCUT2D eigenvalue weighted by atomic mass is 35.5. The zero-order chi connectivity index (χ0) is 20.8. The van der Waals surface area contributed by atoms with Crippen LogP contribution in [-0.4, -0.2) is 53.7 Å². The van der Waals surface area contributed by atoms with Crippen LogP contribution in [0.25, 0.3) is 0 Å². The van der Waals surface area contributed by atoms with E-state index in [1.54, 1.807) is 6.07 Å². The third kappa shape index (κ3) is 5.81. The van der Waals surface area contributed by atoms with Gasteiger partial charge in [-0.25, -0.2) is 14.8 Å². The first kappa shape index (κ1) is 21.3. The molecule has 156 valence electrons. The molecule has 7 nitrogen and oxygen atoms in total. The van der Waals surface area contributed by atoms with Gasteiger partial charge in [-0.3, -0.25) is 4.90 Å². The van der Waals surface area contributed by atoms with Gasteiger partial charge < -0.3 is 14.8 Å². The van der Waals surface area contributed by atoms with Gasteiger partial charge in [0.1, 0.15) is 11.6 Å². The van der Waals surface area contributed by atoms with Crippen molar-refractivity contribution in [2.45, 2.75) is 39.3 Å². The number of carbonyl (C=O) groups is 1. The van der Waals surface area contributed by atoms with E-state index in [0.717, 1.165) is 43.8 Å². The minimum Gasteiger partial charge on any atom is -0.494 e. The lowest BCUT2D eigenvalue weighted by atomic mass is 10.0. The van der Waals surface area contributed by atoms with E-state index < -0.39 is 5.97 Å². The number of hydrogen-bond acceptors (Lipinski definition) is 7. The third-order valence-electron chi connectivity index (χ3n) is 4.99. The molecule has 0 radical (unpaired) electrons. The second kappa shape index (κ2) is 9.89. The van der Waals surface area contributed by atoms with Gasteiger partial charge >= 0.3 is 5.97 Å². The zero-order valence-corrected chi connectivity index (χ0v) is 17.8. The number of benzene rings is 1. The van der Waals surface area contributed by atoms with Crippen LogP contribution in [0.3, 0.4) is 0 Å². The molecule has 1 aliphatic heterocycles. The molecule has 2 heterocycles. The van der Waals surface area contributed by atoms with E-state index in [-0.39, 0.29) is 17.0 Å². The van der Waals surface area contributed by atoms with E-state index in [1.807, 2.05) is 6.92 Å². The molecule has 1 fully saturated rings. The summed E-state index contributed by atoms with van der Waals surface area (Å²) < 4.78 is 10.4. The van der Waals surface area contributed by atoms with E-state index in [2.05, 4.69) is 45.3 Å². The highest BCUT2D eigenvalue weighted by Gasteiger charge is 2.21. The van der Waals surface area contributed by atoms with Gasteiger partial charge in [-0.05, 0) is 55.5 Å². The summed E-state index contributed by atoms with van der Waals surface area (Å²) in [6.45, 7) is 7.58. The highest BCUT2D eigenvalue weighted by molar-refractivity contribution is 6.28. The molecule has 1 aromatic heterocycles. The number of anilines is 1. The highest BCUT2D eigenvalue weighted by Crippen LogP contribution is 2.23. The number of aromatic nitrogens is 2. The van der Waals surface area contributed by atoms with E-state index in [1.165, 1.54) is 12.7 Å². The SMILES string of the molecule is CCOc1cc(CN2CCC(Nc3cc(C(=O)OC)nc(Cl)n3)CC2)ccc1C. The van der Waals surface area contributed by atoms with Crippen LogP contribution in [0, 0.1) is 6.92 Å². The molecule has 2 aromatic rings. The van der Waals surface area contributed by atoms with Gasteiger partial charge in [0, 0.05) is 31.7 Å². The van der Waals surface area contributed by atoms with Crippen molar-refractivity contribution in [3.05, 3.63) is 46.4 Å². The van der Waals surface area contributed by atoms with Gasteiger partial charge in [0.05, 0.1) is 13.7 Å². The largest absolute Gasteiger partial charge is 0.494 e. The molecule has 3 rings (SSSR count). The first-order valence-electron chi connectivity index (χ1n) is 9.82. The summed E-state index contributed by atoms with van der Waals surface area (Å²) in [5.41, 5.74) is 2.57. The van der Waals surface area contributed by atoms with Crippen molar-refractivity contribution in [3.8, 4) is 5.75 Å². The number of ether oxygens (including phenoxy) is 2. The molecule has 1 aromatic carbocycles. The lowest BCUT2D eigenvalue weighted by molar-refractivity contribution is 0.0594. The number of nitrogens with zero attached hydrogens (tertiary/aromatic N) is 3. The van der Waals surface area contributed by atoms with Crippen molar-refractivity contribution in [2.75, 3.05) is 32.1 Å². The number of aryl methyl sites for hydroxylation is 1. The van der Waals surface area contributed by atoms with Crippen LogP contribution in [0.5, 0.6) is 5.75 Å². The first-order valence-corrected chi connectivity index (χ1v) is 10.2. The van der Waals surface area contributed by atoms with Crippen LogP contribution in [0.4, 0.5) is 5.82 Å². The van der Waals surface area contributed by atoms with Crippen molar-refractivity contribution < 1.29 is 14.3 Å². The Morgan fingerprint density at radius 3 is 2.72 bits per heavy atom. The predicted octanol–water partition coefficient (Wildman–Crippen LogP) is 3.70. The summed E-state index contributed by atoms with van der Waals surface area (Å²) in [5, 5.41) is 3.39. The number of methoxy groups -OCH3 is 1. The normalized spacial score (nSPS) is 15.2. The fourth-order valence-corrected chi connectivity index (χ4v) is 3.64. The maximum absolute atomic E-state index is 11.7. The molecule has 0 unspecified atom stereocenters. The fraction of sp³-hybridized carbons (Fsp3) is 0.476. The Bertz CT molecular complexity index is 854. The molecule has 29 heavy (non-hydrogen) atoms. The molecule has 1 saturated heterocycles. The molecule has 8 heteroatoms. The second-order valence-electron chi connectivity index (χ2n) is 7.13. The Labute approximate surface area is 176 Å². The molecule has 1 N–H and O–H groups in total. The van der Waals surface area contributed by atoms with Crippen LogP contribution in [0.1, 0.15) is 41.4 Å². The number of rotatable bonds is 7. The average Bonchev–Trinajstić information content (AvgIpc) is 2.71. The smallest absolute Gasteiger partial charge is 0.356 e. The molecule has 0 atom stereocenters. The Hall–Kier alpha value is -2.38. The summed E-state index contributed by atoms with van der Waals surface area (Å²) in [5.74, 6) is 0.976. The number of carbonyl (C=O) groups excluding carboxylic acids is 1. The van der Waals surface area contributed by atoms with Crippen molar-refractivity contribution in [1.29, 1.82) is 0 Å². The zero-order valence-electron chi connectivity index (χ0n) is 17.1. The molecular formula is C21H27ClN4O3. The van der Waals surface area contributed by atoms with Gasteiger partial charge in [-0.15, -0.1) is 0 Å². The Balaban J connectivity index is 1.55. The quantitative estimate of drug-likeness (QED) is 0.542. The van der Waals surface area contributed by atoms with E-state index in [0.29, 0.717) is 12.4 Å². The number of piperidine rings is 1. The Morgan fingerprint density at radius 2 is 2.03 bits per heavy atom. The number of hydrogen-bond donors (Lipinski definition) is 1. The van der Waals surface area contributed by atoms with Gasteiger partial charge in [0.15, 0.2) is 5.69 Å². The van der Waals surface area contributed by atoms with Gasteiger partial charge in [0.2, 0.25) is 5.28 Å². The van der Waals surface area contributed by atoms with Crippen molar-refractivity contribution in [2.24, 2.45) is 0 Å². The molecule has 0 spiro atoms. The fourth-order valence-electron chi connectivity index (χ4n) is 3.46. The molecular weight excluding hydrogens is 392 g/mol. The van der Waals surface area contributed by atoms with E-state index >= 15 is 0 Å². The standard InChI is InChI=1S/C21H27ClN4O3/c1-4-29-18-11-15(6-5-14(18)2)13-26-9-7-16(8-10-26)23-19-12-17(20(27)28-3)24-21(22)25-19/h5-6,11-12,16H,4,7-10,13H2,1-3H3,(H,23,24,25). The molecule has 0 saturated carbocycles. The molecule has 1 aliphatic rings. The summed E-state index contributed by atoms with van der Waals surface area (Å²) in [6, 6.07) is 8.26. The van der Waals surface area contributed by atoms with Crippen molar-refractivity contribution >= 4 is 23.4 Å². The Morgan fingerprint density at radius 1 is 1.28 bits per heavy atom. The monoisotopic (exact) mass is 418 g/mol. The van der Waals surface area contributed by atoms with Gasteiger partial charge in [-0.1, -0.05) is 12.1 Å². The average molecular weight is 419 g/mol. The van der Waals surface area contributed by atoms with E-state index in [4.69, 9.17) is 21.1 Å². The first-order chi connectivity index (χ1) is 14.0. The van der Waals surface area contributed by atoms with Crippen LogP contribution in [0.2, 0.25) is 5.28 Å².